The van der Waals surface area contributed by atoms with Crippen molar-refractivity contribution in [3.8, 4) is 11.3 Å². The molecule has 1 aliphatic carbocycles. The van der Waals surface area contributed by atoms with Gasteiger partial charge in [-0.2, -0.15) is 0 Å². The third-order valence-corrected chi connectivity index (χ3v) is 7.01. The second-order valence-corrected chi connectivity index (χ2v) is 10.9. The molecule has 2 amide bonds. The number of amides is 2. The molecule has 3 aromatic rings. The minimum Gasteiger partial charge on any atom is -0.360 e. The van der Waals surface area contributed by atoms with E-state index in [2.05, 4.69) is 37.5 Å². The van der Waals surface area contributed by atoms with Gasteiger partial charge in [-0.05, 0) is 38.7 Å². The number of hydrogen-bond acceptors (Lipinski definition) is 6. The maximum atomic E-state index is 14.8. The number of hydrogen-bond donors (Lipinski definition) is 4. The van der Waals surface area contributed by atoms with Crippen LogP contribution in [0.4, 0.5) is 14.7 Å². The van der Waals surface area contributed by atoms with Gasteiger partial charge in [0.25, 0.3) is 11.8 Å². The lowest BCUT2D eigenvalue weighted by atomic mass is 9.87. The summed E-state index contributed by atoms with van der Waals surface area (Å²) in [5, 5.41) is 9.51. The fourth-order valence-corrected chi connectivity index (χ4v) is 5.01. The third kappa shape index (κ3) is 8.82. The van der Waals surface area contributed by atoms with E-state index in [4.69, 9.17) is 11.6 Å². The SMILES string of the molecule is C=C/C(=C\C=C\NC(=O)/C=C/CN(C)C)C(=O)NC1CC(Nc2ncc(Cl)c(-c3c[nH]c4ccccc34)n2)CC(F)(F)C1. The van der Waals surface area contributed by atoms with Gasteiger partial charge in [-0.1, -0.05) is 48.5 Å². The Balaban J connectivity index is 1.40. The van der Waals surface area contributed by atoms with Crippen molar-refractivity contribution in [2.75, 3.05) is 26.0 Å². The highest BCUT2D eigenvalue weighted by molar-refractivity contribution is 6.33. The molecule has 4 rings (SSSR count). The molecule has 0 radical (unpaired) electrons. The monoisotopic (exact) mass is 609 g/mol. The van der Waals surface area contributed by atoms with Gasteiger partial charge < -0.3 is 25.8 Å². The number of halogens is 3. The van der Waals surface area contributed by atoms with Crippen molar-refractivity contribution in [3.63, 3.8) is 0 Å². The minimum absolute atomic E-state index is 0.160. The van der Waals surface area contributed by atoms with E-state index in [9.17, 15) is 18.4 Å². The number of nitrogens with one attached hydrogen (secondary N) is 4. The number of H-pyrrole nitrogens is 1. The van der Waals surface area contributed by atoms with Crippen molar-refractivity contribution >= 4 is 40.3 Å². The van der Waals surface area contributed by atoms with Crippen molar-refractivity contribution in [2.45, 2.75) is 37.3 Å². The number of anilines is 1. The highest BCUT2D eigenvalue weighted by Gasteiger charge is 2.42. The Bertz CT molecular complexity index is 1560. The van der Waals surface area contributed by atoms with E-state index >= 15 is 0 Å². The highest BCUT2D eigenvalue weighted by Crippen LogP contribution is 2.36. The summed E-state index contributed by atoms with van der Waals surface area (Å²) in [6, 6.07) is 6.15. The zero-order valence-electron chi connectivity index (χ0n) is 23.9. The molecule has 2 atom stereocenters. The average Bonchev–Trinajstić information content (AvgIpc) is 3.37. The van der Waals surface area contributed by atoms with Crippen molar-refractivity contribution in [2.24, 2.45) is 0 Å². The maximum Gasteiger partial charge on any atom is 0.252 e. The van der Waals surface area contributed by atoms with Gasteiger partial charge in [-0.25, -0.2) is 18.7 Å². The van der Waals surface area contributed by atoms with Gasteiger partial charge in [0, 0.05) is 72.0 Å². The molecular formula is C31H34ClF2N7O2. The molecule has 2 heterocycles. The number of likely N-dealkylation sites (N-methyl/N-ethyl adjacent to an activating group) is 1. The number of aromatic amines is 1. The summed E-state index contributed by atoms with van der Waals surface area (Å²) in [7, 11) is 3.77. The van der Waals surface area contributed by atoms with Gasteiger partial charge in [-0.3, -0.25) is 9.59 Å². The van der Waals surface area contributed by atoms with Crippen LogP contribution in [0.1, 0.15) is 19.3 Å². The van der Waals surface area contributed by atoms with Gasteiger partial charge >= 0.3 is 0 Å². The molecule has 0 bridgehead atoms. The second-order valence-electron chi connectivity index (χ2n) is 10.5. The summed E-state index contributed by atoms with van der Waals surface area (Å²) < 4.78 is 29.6. The van der Waals surface area contributed by atoms with Crippen LogP contribution in [0.25, 0.3) is 22.2 Å². The van der Waals surface area contributed by atoms with Crippen LogP contribution in [0.2, 0.25) is 5.02 Å². The zero-order chi connectivity index (χ0) is 31.0. The Kier molecular flexibility index (Phi) is 10.4. The number of aromatic nitrogens is 3. The molecule has 43 heavy (non-hydrogen) atoms. The van der Waals surface area contributed by atoms with Crippen LogP contribution >= 0.6 is 11.6 Å². The number of rotatable bonds is 11. The first-order chi connectivity index (χ1) is 20.5. The second kappa shape index (κ2) is 14.2. The van der Waals surface area contributed by atoms with E-state index in [1.54, 1.807) is 12.3 Å². The standard InChI is InChI=1S/C31H34ClF2N7O2/c1-4-20(9-7-13-35-27(42)12-8-14-41(2)3)29(43)38-21-15-22(17-31(33,34)16-21)39-30-37-19-25(32)28(40-30)24-18-36-26-11-6-5-10-23(24)26/h4-13,18-19,21-22,36H,1,14-17H2,2-3H3,(H,35,42)(H,38,43)(H,37,39,40)/b12-8+,13-7+,20-9+. The first-order valence-corrected chi connectivity index (χ1v) is 14.1. The van der Waals surface area contributed by atoms with Crippen molar-refractivity contribution in [3.05, 3.63) is 90.4 Å². The third-order valence-electron chi connectivity index (χ3n) is 6.74. The van der Waals surface area contributed by atoms with E-state index in [1.165, 1.54) is 36.7 Å². The number of allylic oxidation sites excluding steroid dienone is 2. The molecule has 0 saturated heterocycles. The quantitative estimate of drug-likeness (QED) is 0.175. The molecule has 1 aliphatic rings. The summed E-state index contributed by atoms with van der Waals surface area (Å²) in [5.74, 6) is -3.74. The molecule has 226 valence electrons. The number of carbonyl (C=O) groups is 2. The van der Waals surface area contributed by atoms with Crippen LogP contribution in [-0.2, 0) is 9.59 Å². The van der Waals surface area contributed by atoms with E-state index in [-0.39, 0.29) is 23.8 Å². The number of alkyl halides is 2. The summed E-state index contributed by atoms with van der Waals surface area (Å²) in [5.41, 5.74) is 2.31. The van der Waals surface area contributed by atoms with Gasteiger partial charge in [0.05, 0.1) is 16.9 Å². The predicted molar refractivity (Wildman–Crippen MR) is 166 cm³/mol. The summed E-state index contributed by atoms with van der Waals surface area (Å²) in [4.78, 5) is 38.5. The molecular weight excluding hydrogens is 576 g/mol. The molecule has 1 aromatic carbocycles. The van der Waals surface area contributed by atoms with E-state index in [0.29, 0.717) is 17.3 Å². The normalized spacial score (nSPS) is 18.8. The molecule has 0 aliphatic heterocycles. The van der Waals surface area contributed by atoms with Crippen molar-refractivity contribution < 1.29 is 18.4 Å². The van der Waals surface area contributed by atoms with Gasteiger partial charge in [-0.15, -0.1) is 0 Å². The molecule has 1 saturated carbocycles. The smallest absolute Gasteiger partial charge is 0.252 e. The lowest BCUT2D eigenvalue weighted by molar-refractivity contribution is -0.119. The zero-order valence-corrected chi connectivity index (χ0v) is 24.7. The fraction of sp³-hybridized carbons (Fsp3) is 0.290. The molecule has 12 heteroatoms. The Morgan fingerprint density at radius 3 is 2.77 bits per heavy atom. The number of para-hydroxylation sites is 1. The Labute approximate surface area is 253 Å². The summed E-state index contributed by atoms with van der Waals surface area (Å²) in [6.07, 6.45) is 11.2. The summed E-state index contributed by atoms with van der Waals surface area (Å²) in [6.45, 7) is 4.26. The van der Waals surface area contributed by atoms with Gasteiger partial charge in [0.2, 0.25) is 11.9 Å². The highest BCUT2D eigenvalue weighted by atomic mass is 35.5. The lowest BCUT2D eigenvalue weighted by Gasteiger charge is -2.35. The van der Waals surface area contributed by atoms with Crippen LogP contribution in [0.5, 0.6) is 0 Å². The largest absolute Gasteiger partial charge is 0.360 e. The Morgan fingerprint density at radius 1 is 1.23 bits per heavy atom. The molecule has 9 nitrogen and oxygen atoms in total. The number of benzene rings is 1. The predicted octanol–water partition coefficient (Wildman–Crippen LogP) is 5.22. The average molecular weight is 610 g/mol. The fourth-order valence-electron chi connectivity index (χ4n) is 4.82. The Morgan fingerprint density at radius 2 is 2.00 bits per heavy atom. The van der Waals surface area contributed by atoms with E-state index in [0.717, 1.165) is 16.5 Å². The van der Waals surface area contributed by atoms with Crippen LogP contribution in [0, 0.1) is 0 Å². The topological polar surface area (TPSA) is 115 Å². The van der Waals surface area contributed by atoms with Crippen LogP contribution in [0.3, 0.4) is 0 Å². The molecule has 1 fully saturated rings. The van der Waals surface area contributed by atoms with Crippen LogP contribution in [-0.4, -0.2) is 70.3 Å². The van der Waals surface area contributed by atoms with Crippen LogP contribution < -0.4 is 16.0 Å². The molecule has 4 N–H and O–H groups in total. The van der Waals surface area contributed by atoms with Crippen LogP contribution in [0.15, 0.2) is 85.4 Å². The van der Waals surface area contributed by atoms with E-state index in [1.807, 2.05) is 43.3 Å². The molecule has 0 spiro atoms. The molecule has 2 unspecified atom stereocenters. The number of nitrogens with zero attached hydrogens (tertiary/aromatic N) is 3. The molecule has 2 aromatic heterocycles. The minimum atomic E-state index is -3.03. The summed E-state index contributed by atoms with van der Waals surface area (Å²) >= 11 is 6.41. The first kappa shape index (κ1) is 31.6. The van der Waals surface area contributed by atoms with E-state index < -0.39 is 36.8 Å². The van der Waals surface area contributed by atoms with Crippen molar-refractivity contribution in [1.29, 1.82) is 0 Å². The first-order valence-electron chi connectivity index (χ1n) is 13.7. The van der Waals surface area contributed by atoms with Gasteiger partial charge in [0.1, 0.15) is 0 Å². The van der Waals surface area contributed by atoms with Crippen molar-refractivity contribution in [1.82, 2.24) is 30.5 Å². The Hall–Kier alpha value is -4.35. The number of fused-ring (bicyclic) bond motifs is 1. The lowest BCUT2D eigenvalue weighted by Crippen LogP contribution is -2.48. The number of carbonyl (C=O) groups excluding carboxylic acids is 2. The van der Waals surface area contributed by atoms with Gasteiger partial charge in [0.15, 0.2) is 0 Å². The maximum absolute atomic E-state index is 14.8.